The number of nitrogens with zero attached hydrogens (tertiary/aromatic N) is 1. The summed E-state index contributed by atoms with van der Waals surface area (Å²) < 4.78 is 0. The number of pyridine rings is 1. The SMILES string of the molecule is NC(=O)c1c(NC(=O)c2sc3nc4c(cc3c2N)CCCCC4)sc2c1-c1ccccc1CC2. The number of rotatable bonds is 3. The van der Waals surface area contributed by atoms with Gasteiger partial charge in [0, 0.05) is 21.5 Å². The van der Waals surface area contributed by atoms with E-state index in [1.165, 1.54) is 40.2 Å². The zero-order chi connectivity index (χ0) is 23.4. The minimum atomic E-state index is -0.542. The highest BCUT2D eigenvalue weighted by atomic mass is 32.1. The van der Waals surface area contributed by atoms with Crippen molar-refractivity contribution in [3.8, 4) is 11.1 Å². The van der Waals surface area contributed by atoms with Gasteiger partial charge in [0.05, 0.1) is 11.3 Å². The van der Waals surface area contributed by atoms with Gasteiger partial charge in [-0.25, -0.2) is 4.98 Å². The maximum atomic E-state index is 13.4. The van der Waals surface area contributed by atoms with Crippen molar-refractivity contribution in [3.63, 3.8) is 0 Å². The lowest BCUT2D eigenvalue weighted by Crippen LogP contribution is -2.18. The molecule has 0 unspecified atom stereocenters. The molecule has 0 atom stereocenters. The van der Waals surface area contributed by atoms with E-state index in [0.717, 1.165) is 70.4 Å². The molecule has 34 heavy (non-hydrogen) atoms. The first kappa shape index (κ1) is 21.3. The summed E-state index contributed by atoms with van der Waals surface area (Å²) in [7, 11) is 0. The van der Waals surface area contributed by atoms with Crippen molar-refractivity contribution >= 4 is 55.4 Å². The highest BCUT2D eigenvalue weighted by Gasteiger charge is 2.29. The monoisotopic (exact) mass is 488 g/mol. The normalized spacial score (nSPS) is 14.7. The molecule has 2 aliphatic carbocycles. The van der Waals surface area contributed by atoms with Crippen LogP contribution in [0.15, 0.2) is 30.3 Å². The van der Waals surface area contributed by atoms with Gasteiger partial charge < -0.3 is 16.8 Å². The number of anilines is 2. The number of nitrogens with one attached hydrogen (secondary N) is 1. The molecule has 0 saturated heterocycles. The van der Waals surface area contributed by atoms with Crippen LogP contribution in [-0.4, -0.2) is 16.8 Å². The fourth-order valence-electron chi connectivity index (χ4n) is 5.16. The lowest BCUT2D eigenvalue weighted by molar-refractivity contribution is 0.100. The number of carbonyl (C=O) groups is 2. The Morgan fingerprint density at radius 1 is 0.971 bits per heavy atom. The number of benzene rings is 1. The fourth-order valence-corrected chi connectivity index (χ4v) is 7.36. The first-order valence-corrected chi connectivity index (χ1v) is 13.2. The largest absolute Gasteiger partial charge is 0.397 e. The lowest BCUT2D eigenvalue weighted by Gasteiger charge is -2.16. The number of fused-ring (bicyclic) bond motifs is 5. The van der Waals surface area contributed by atoms with Crippen LogP contribution in [0.1, 0.15) is 61.0 Å². The van der Waals surface area contributed by atoms with E-state index in [1.54, 1.807) is 0 Å². The van der Waals surface area contributed by atoms with Crippen molar-refractivity contribution in [2.24, 2.45) is 5.73 Å². The number of aryl methyl sites for hydroxylation is 4. The molecular formula is C26H24N4O2S2. The van der Waals surface area contributed by atoms with E-state index in [2.05, 4.69) is 17.4 Å². The number of nitrogen functional groups attached to an aromatic ring is 1. The van der Waals surface area contributed by atoms with Gasteiger partial charge in [-0.2, -0.15) is 0 Å². The minimum absolute atomic E-state index is 0.329. The molecule has 3 aromatic heterocycles. The van der Waals surface area contributed by atoms with E-state index in [4.69, 9.17) is 16.5 Å². The van der Waals surface area contributed by atoms with Crippen LogP contribution >= 0.6 is 22.7 Å². The summed E-state index contributed by atoms with van der Waals surface area (Å²) in [6.45, 7) is 0. The van der Waals surface area contributed by atoms with Gasteiger partial charge in [0.15, 0.2) is 0 Å². The van der Waals surface area contributed by atoms with Gasteiger partial charge in [0.1, 0.15) is 14.7 Å². The molecule has 0 aliphatic heterocycles. The van der Waals surface area contributed by atoms with Crippen LogP contribution in [0, 0.1) is 0 Å². The van der Waals surface area contributed by atoms with Gasteiger partial charge in [-0.1, -0.05) is 30.7 Å². The third-order valence-electron chi connectivity index (χ3n) is 6.82. The van der Waals surface area contributed by atoms with Crippen molar-refractivity contribution in [2.75, 3.05) is 11.1 Å². The van der Waals surface area contributed by atoms with Crippen LogP contribution in [0.5, 0.6) is 0 Å². The number of primary amides is 1. The summed E-state index contributed by atoms with van der Waals surface area (Å²) in [6, 6.07) is 10.2. The van der Waals surface area contributed by atoms with Crippen molar-refractivity contribution in [1.82, 2.24) is 4.98 Å². The predicted molar refractivity (Wildman–Crippen MR) is 139 cm³/mol. The number of carbonyl (C=O) groups excluding carboxylic acids is 2. The van der Waals surface area contributed by atoms with E-state index < -0.39 is 5.91 Å². The van der Waals surface area contributed by atoms with Crippen LogP contribution in [-0.2, 0) is 25.7 Å². The van der Waals surface area contributed by atoms with Crippen molar-refractivity contribution in [2.45, 2.75) is 44.9 Å². The smallest absolute Gasteiger partial charge is 0.268 e. The Labute approximate surface area is 205 Å². The molecule has 3 heterocycles. The molecule has 0 bridgehead atoms. The number of aromatic nitrogens is 1. The van der Waals surface area contributed by atoms with Crippen LogP contribution in [0.2, 0.25) is 0 Å². The Kier molecular flexibility index (Phi) is 5.15. The molecule has 4 aromatic rings. The van der Waals surface area contributed by atoms with Crippen LogP contribution in [0.4, 0.5) is 10.7 Å². The summed E-state index contributed by atoms with van der Waals surface area (Å²) >= 11 is 2.74. The lowest BCUT2D eigenvalue weighted by atomic mass is 9.88. The molecule has 0 spiro atoms. The summed E-state index contributed by atoms with van der Waals surface area (Å²) in [6.07, 6.45) is 7.18. The highest BCUT2D eigenvalue weighted by molar-refractivity contribution is 7.21. The maximum Gasteiger partial charge on any atom is 0.268 e. The van der Waals surface area contributed by atoms with Crippen LogP contribution in [0.3, 0.4) is 0 Å². The van der Waals surface area contributed by atoms with E-state index >= 15 is 0 Å². The molecule has 2 aliphatic rings. The summed E-state index contributed by atoms with van der Waals surface area (Å²) in [4.78, 5) is 33.0. The number of amides is 2. The molecule has 6 rings (SSSR count). The van der Waals surface area contributed by atoms with E-state index in [-0.39, 0.29) is 5.91 Å². The van der Waals surface area contributed by atoms with E-state index in [0.29, 0.717) is 21.1 Å². The number of hydrogen-bond acceptors (Lipinski definition) is 6. The summed E-state index contributed by atoms with van der Waals surface area (Å²) in [5.41, 5.74) is 18.5. The summed E-state index contributed by atoms with van der Waals surface area (Å²) in [5.74, 6) is -0.871. The topological polar surface area (TPSA) is 111 Å². The molecule has 6 nitrogen and oxygen atoms in total. The standard InChI is InChI=1S/C26H24N4O2S2/c27-21-16-12-14-7-2-1-3-9-17(14)29-25(16)34-22(21)24(32)30-26-20(23(28)31)19-15-8-5-4-6-13(15)10-11-18(19)33-26/h4-6,8,12H,1-3,7,9-11,27H2,(H2,28,31)(H,30,32). The Bertz CT molecular complexity index is 1480. The maximum absolute atomic E-state index is 13.4. The second-order valence-corrected chi connectivity index (χ2v) is 11.0. The quantitative estimate of drug-likeness (QED) is 0.339. The molecule has 172 valence electrons. The van der Waals surface area contributed by atoms with Gasteiger partial charge in [0.25, 0.3) is 11.8 Å². The van der Waals surface area contributed by atoms with E-state index in [1.807, 2.05) is 18.2 Å². The van der Waals surface area contributed by atoms with Gasteiger partial charge in [-0.3, -0.25) is 9.59 Å². The first-order chi connectivity index (χ1) is 16.5. The average molecular weight is 489 g/mol. The zero-order valence-electron chi connectivity index (χ0n) is 18.6. The third-order valence-corrected chi connectivity index (χ3v) is 9.10. The second-order valence-electron chi connectivity index (χ2n) is 8.93. The predicted octanol–water partition coefficient (Wildman–Crippen LogP) is 5.33. The first-order valence-electron chi connectivity index (χ1n) is 11.6. The Balaban J connectivity index is 1.39. The van der Waals surface area contributed by atoms with Gasteiger partial charge >= 0.3 is 0 Å². The molecule has 1 aromatic carbocycles. The number of thiophene rings is 2. The fraction of sp³-hybridized carbons (Fsp3) is 0.269. The second kappa shape index (κ2) is 8.21. The molecular weight excluding hydrogens is 464 g/mol. The van der Waals surface area contributed by atoms with E-state index in [9.17, 15) is 9.59 Å². The molecule has 0 fully saturated rings. The molecule has 2 amide bonds. The molecule has 8 heteroatoms. The minimum Gasteiger partial charge on any atom is -0.397 e. The molecule has 5 N–H and O–H groups in total. The summed E-state index contributed by atoms with van der Waals surface area (Å²) in [5, 5.41) is 4.28. The molecule has 0 radical (unpaired) electrons. The van der Waals surface area contributed by atoms with Crippen LogP contribution in [0.25, 0.3) is 21.3 Å². The van der Waals surface area contributed by atoms with Gasteiger partial charge in [0.2, 0.25) is 0 Å². The van der Waals surface area contributed by atoms with Crippen molar-refractivity contribution in [1.29, 1.82) is 0 Å². The van der Waals surface area contributed by atoms with Gasteiger partial charge in [-0.15, -0.1) is 22.7 Å². The Morgan fingerprint density at radius 3 is 2.65 bits per heavy atom. The molecule has 0 saturated carbocycles. The Hall–Kier alpha value is -3.23. The zero-order valence-corrected chi connectivity index (χ0v) is 20.2. The average Bonchev–Trinajstić information content (AvgIpc) is 3.25. The Morgan fingerprint density at radius 2 is 1.79 bits per heavy atom. The van der Waals surface area contributed by atoms with Crippen molar-refractivity contribution in [3.05, 3.63) is 62.5 Å². The number of hydrogen-bond donors (Lipinski definition) is 3. The van der Waals surface area contributed by atoms with Crippen molar-refractivity contribution < 1.29 is 9.59 Å². The van der Waals surface area contributed by atoms with Crippen LogP contribution < -0.4 is 16.8 Å². The number of nitrogens with two attached hydrogens (primary N) is 2. The van der Waals surface area contributed by atoms with Gasteiger partial charge in [-0.05, 0) is 61.3 Å². The highest BCUT2D eigenvalue weighted by Crippen LogP contribution is 2.45. The third kappa shape index (κ3) is 3.40.